The Morgan fingerprint density at radius 3 is 2.66 bits per heavy atom. The molecule has 0 saturated heterocycles. The number of fused-ring (bicyclic) bond motifs is 2. The van der Waals surface area contributed by atoms with E-state index in [1.165, 1.54) is 7.05 Å². The van der Waals surface area contributed by atoms with Crippen LogP contribution in [0.3, 0.4) is 0 Å². The lowest BCUT2D eigenvalue weighted by molar-refractivity contribution is 0.203. The maximum absolute atomic E-state index is 12.1. The van der Waals surface area contributed by atoms with E-state index in [0.717, 1.165) is 38.4 Å². The Labute approximate surface area is 200 Å². The molecule has 1 amide bonds. The molecule has 5 rings (SSSR count). The average Bonchev–Trinajstić information content (AvgIpc) is 3.30. The molecule has 0 spiro atoms. The number of aromatic nitrogens is 4. The maximum atomic E-state index is 12.1. The van der Waals surface area contributed by atoms with Crippen molar-refractivity contribution < 1.29 is 14.6 Å². The van der Waals surface area contributed by atoms with Crippen molar-refractivity contribution in [2.45, 2.75) is 13.3 Å². The van der Waals surface area contributed by atoms with Crippen LogP contribution in [0.15, 0.2) is 65.5 Å². The van der Waals surface area contributed by atoms with Crippen molar-refractivity contribution in [3.63, 3.8) is 0 Å². The zero-order valence-electron chi connectivity index (χ0n) is 19.2. The number of hydrogen-bond acceptors (Lipinski definition) is 5. The van der Waals surface area contributed by atoms with Gasteiger partial charge in [-0.1, -0.05) is 30.3 Å². The number of carbonyl (C=O) groups is 1. The minimum absolute atomic E-state index is 0.211. The highest BCUT2D eigenvalue weighted by molar-refractivity contribution is 5.89. The van der Waals surface area contributed by atoms with Gasteiger partial charge in [0.25, 0.3) is 5.56 Å². The molecule has 0 fully saturated rings. The summed E-state index contributed by atoms with van der Waals surface area (Å²) >= 11 is 0. The summed E-state index contributed by atoms with van der Waals surface area (Å²) in [5.74, 6) is 0.983. The topological polar surface area (TPSA) is 124 Å². The number of imidazole rings is 1. The van der Waals surface area contributed by atoms with Gasteiger partial charge in [-0.15, -0.1) is 0 Å². The molecule has 0 atom stereocenters. The largest absolute Gasteiger partial charge is 0.493 e. The lowest BCUT2D eigenvalue weighted by atomic mass is 9.98. The number of ether oxygens (including phenoxy) is 1. The van der Waals surface area contributed by atoms with Crippen LogP contribution in [0.2, 0.25) is 0 Å². The Balaban J connectivity index is 1.56. The number of carboxylic acid groups (broad SMARTS) is 1. The van der Waals surface area contributed by atoms with Crippen LogP contribution in [-0.4, -0.2) is 45.0 Å². The van der Waals surface area contributed by atoms with Crippen LogP contribution >= 0.6 is 0 Å². The zero-order valence-corrected chi connectivity index (χ0v) is 19.2. The standard InChI is InChI=1S/C26H23N5O4/c1-3-35-23-11-8-15(13-21-17-6-4-5-7-18(17)24(32)30-29-21)12-19(23)16-9-10-20-22(14-16)28-25(27-20)31(2)26(33)34/h4-12,14H,3,13H2,1-2H3,(H,27,28)(H,30,32)(H,33,34). The number of benzene rings is 3. The molecular formula is C26H23N5O4. The van der Waals surface area contributed by atoms with Gasteiger partial charge >= 0.3 is 6.09 Å². The first-order valence-corrected chi connectivity index (χ1v) is 11.1. The summed E-state index contributed by atoms with van der Waals surface area (Å²) in [6, 6.07) is 19.1. The summed E-state index contributed by atoms with van der Waals surface area (Å²) in [5, 5.41) is 17.6. The van der Waals surface area contributed by atoms with Crippen LogP contribution < -0.4 is 15.2 Å². The number of H-pyrrole nitrogens is 2. The molecule has 2 aromatic heterocycles. The van der Waals surface area contributed by atoms with Crippen molar-refractivity contribution in [1.82, 2.24) is 20.2 Å². The summed E-state index contributed by atoms with van der Waals surface area (Å²) in [6.45, 7) is 2.44. The van der Waals surface area contributed by atoms with E-state index in [1.54, 1.807) is 6.07 Å². The van der Waals surface area contributed by atoms with Crippen molar-refractivity contribution >= 4 is 33.8 Å². The number of nitrogens with zero attached hydrogens (tertiary/aromatic N) is 3. The third kappa shape index (κ3) is 4.19. The molecule has 0 unspecified atom stereocenters. The SMILES string of the molecule is CCOc1ccc(Cc2n[nH]c(=O)c3ccccc23)cc1-c1ccc2nc(N(C)C(=O)O)[nH]c2c1. The van der Waals surface area contributed by atoms with Gasteiger partial charge in [-0.3, -0.25) is 9.69 Å². The summed E-state index contributed by atoms with van der Waals surface area (Å²) in [7, 11) is 1.44. The second kappa shape index (κ2) is 8.94. The highest BCUT2D eigenvalue weighted by Crippen LogP contribution is 2.34. The Morgan fingerprint density at radius 2 is 1.89 bits per heavy atom. The maximum Gasteiger partial charge on any atom is 0.413 e. The number of aromatic amines is 2. The van der Waals surface area contributed by atoms with Crippen molar-refractivity contribution in [1.29, 1.82) is 0 Å². The van der Waals surface area contributed by atoms with Crippen molar-refractivity contribution in [3.05, 3.63) is 82.3 Å². The van der Waals surface area contributed by atoms with E-state index in [0.29, 0.717) is 29.4 Å². The summed E-state index contributed by atoms with van der Waals surface area (Å²) < 4.78 is 5.89. The fraction of sp³-hybridized carbons (Fsp3) is 0.154. The minimum Gasteiger partial charge on any atom is -0.493 e. The first-order chi connectivity index (χ1) is 16.9. The fourth-order valence-electron chi connectivity index (χ4n) is 4.11. The minimum atomic E-state index is -1.10. The predicted octanol–water partition coefficient (Wildman–Crippen LogP) is 4.57. The van der Waals surface area contributed by atoms with E-state index >= 15 is 0 Å². The zero-order chi connectivity index (χ0) is 24.5. The van der Waals surface area contributed by atoms with Crippen LogP contribution in [0.4, 0.5) is 10.7 Å². The van der Waals surface area contributed by atoms with Crippen LogP contribution in [0, 0.1) is 0 Å². The van der Waals surface area contributed by atoms with Crippen molar-refractivity contribution in [2.24, 2.45) is 0 Å². The number of rotatable bonds is 6. The lowest BCUT2D eigenvalue weighted by Gasteiger charge is -2.13. The molecule has 9 heteroatoms. The van der Waals surface area contributed by atoms with E-state index in [2.05, 4.69) is 20.2 Å². The van der Waals surface area contributed by atoms with Gasteiger partial charge in [-0.25, -0.2) is 14.9 Å². The number of amides is 1. The molecule has 9 nitrogen and oxygen atoms in total. The van der Waals surface area contributed by atoms with E-state index in [9.17, 15) is 14.7 Å². The van der Waals surface area contributed by atoms with Crippen molar-refractivity contribution in [3.8, 4) is 16.9 Å². The molecule has 176 valence electrons. The molecule has 0 radical (unpaired) electrons. The second-order valence-electron chi connectivity index (χ2n) is 8.12. The van der Waals surface area contributed by atoms with Gasteiger partial charge in [-0.2, -0.15) is 5.10 Å². The molecule has 3 aromatic carbocycles. The predicted molar refractivity (Wildman–Crippen MR) is 134 cm³/mol. The van der Waals surface area contributed by atoms with Crippen LogP contribution in [0.1, 0.15) is 18.2 Å². The quantitative estimate of drug-likeness (QED) is 0.335. The summed E-state index contributed by atoms with van der Waals surface area (Å²) in [6.07, 6.45) is -0.574. The third-order valence-corrected chi connectivity index (χ3v) is 5.88. The molecule has 0 saturated carbocycles. The highest BCUT2D eigenvalue weighted by atomic mass is 16.5. The van der Waals surface area contributed by atoms with Gasteiger partial charge in [-0.05, 0) is 48.4 Å². The molecule has 0 bridgehead atoms. The first-order valence-electron chi connectivity index (χ1n) is 11.1. The van der Waals surface area contributed by atoms with Gasteiger partial charge in [0.15, 0.2) is 0 Å². The van der Waals surface area contributed by atoms with E-state index in [4.69, 9.17) is 4.74 Å². The van der Waals surface area contributed by atoms with Crippen LogP contribution in [-0.2, 0) is 6.42 Å². The molecule has 0 aliphatic rings. The Morgan fingerprint density at radius 1 is 1.09 bits per heavy atom. The molecule has 2 heterocycles. The van der Waals surface area contributed by atoms with Gasteiger partial charge in [0.1, 0.15) is 5.75 Å². The normalized spacial score (nSPS) is 11.1. The smallest absolute Gasteiger partial charge is 0.413 e. The molecule has 0 aliphatic heterocycles. The van der Waals surface area contributed by atoms with Gasteiger partial charge in [0, 0.05) is 24.4 Å². The van der Waals surface area contributed by atoms with Crippen LogP contribution in [0.25, 0.3) is 32.9 Å². The Kier molecular flexibility index (Phi) is 5.66. The van der Waals surface area contributed by atoms with E-state index in [-0.39, 0.29) is 11.5 Å². The number of nitrogens with one attached hydrogen (secondary N) is 2. The van der Waals surface area contributed by atoms with Crippen molar-refractivity contribution in [2.75, 3.05) is 18.6 Å². The molecular weight excluding hydrogens is 446 g/mol. The first kappa shape index (κ1) is 22.1. The number of anilines is 1. The summed E-state index contributed by atoms with van der Waals surface area (Å²) in [4.78, 5) is 31.9. The highest BCUT2D eigenvalue weighted by Gasteiger charge is 2.15. The van der Waals surface area contributed by atoms with E-state index in [1.807, 2.05) is 61.5 Å². The van der Waals surface area contributed by atoms with Gasteiger partial charge < -0.3 is 14.8 Å². The molecule has 3 N–H and O–H groups in total. The molecule has 5 aromatic rings. The van der Waals surface area contributed by atoms with Crippen LogP contribution in [0.5, 0.6) is 5.75 Å². The third-order valence-electron chi connectivity index (χ3n) is 5.88. The average molecular weight is 470 g/mol. The number of hydrogen-bond donors (Lipinski definition) is 3. The monoisotopic (exact) mass is 469 g/mol. The lowest BCUT2D eigenvalue weighted by Crippen LogP contribution is -2.24. The summed E-state index contributed by atoms with van der Waals surface area (Å²) in [5.41, 5.74) is 4.74. The second-order valence-corrected chi connectivity index (χ2v) is 8.12. The van der Waals surface area contributed by atoms with E-state index < -0.39 is 6.09 Å². The van der Waals surface area contributed by atoms with Gasteiger partial charge in [0.05, 0.1) is 28.7 Å². The van der Waals surface area contributed by atoms with Gasteiger partial charge in [0.2, 0.25) is 5.95 Å². The Hall–Kier alpha value is -4.66. The Bertz CT molecular complexity index is 1620. The fourth-order valence-corrected chi connectivity index (χ4v) is 4.11. The molecule has 0 aliphatic carbocycles. The molecule has 35 heavy (non-hydrogen) atoms.